The number of nitrogens with one attached hydrogen (secondary N) is 1. The average Bonchev–Trinajstić information content (AvgIpc) is 2.45. The molecule has 0 aromatic heterocycles. The fourth-order valence-corrected chi connectivity index (χ4v) is 2.19. The molecule has 20 heavy (non-hydrogen) atoms. The predicted molar refractivity (Wildman–Crippen MR) is 78.0 cm³/mol. The molecule has 0 heterocycles. The van der Waals surface area contributed by atoms with Crippen molar-refractivity contribution in [2.45, 2.75) is 45.7 Å². The van der Waals surface area contributed by atoms with Gasteiger partial charge in [-0.05, 0) is 30.9 Å². The van der Waals surface area contributed by atoms with Crippen LogP contribution in [0.15, 0.2) is 24.3 Å². The first-order valence-corrected chi connectivity index (χ1v) is 7.06. The third kappa shape index (κ3) is 4.60. The molecule has 0 saturated heterocycles. The second kappa shape index (κ2) is 8.00. The Labute approximate surface area is 120 Å². The van der Waals surface area contributed by atoms with E-state index in [1.54, 1.807) is 12.1 Å². The minimum absolute atomic E-state index is 0.00926. The van der Waals surface area contributed by atoms with Gasteiger partial charge >= 0.3 is 5.97 Å². The summed E-state index contributed by atoms with van der Waals surface area (Å²) in [5, 5.41) is 3.25. The van der Waals surface area contributed by atoms with E-state index in [0.29, 0.717) is 12.0 Å². The Hall–Kier alpha value is -1.42. The van der Waals surface area contributed by atoms with Crippen LogP contribution in [-0.4, -0.2) is 25.2 Å². The molecule has 0 bridgehead atoms. The van der Waals surface area contributed by atoms with Crippen molar-refractivity contribution in [2.75, 3.05) is 7.11 Å². The third-order valence-corrected chi connectivity index (χ3v) is 3.62. The number of benzene rings is 1. The Kier molecular flexibility index (Phi) is 6.65. The van der Waals surface area contributed by atoms with Gasteiger partial charge in [0.05, 0.1) is 7.11 Å². The first-order chi connectivity index (χ1) is 9.49. The summed E-state index contributed by atoms with van der Waals surface area (Å²) in [6, 6.07) is 6.35. The van der Waals surface area contributed by atoms with Crippen molar-refractivity contribution < 1.29 is 13.9 Å². The summed E-state index contributed by atoms with van der Waals surface area (Å²) in [6.07, 6.45) is 1.41. The normalized spacial score (nSPS) is 15.4. The van der Waals surface area contributed by atoms with Crippen LogP contribution in [0.4, 0.5) is 4.39 Å². The highest BCUT2D eigenvalue weighted by Gasteiger charge is 2.26. The Morgan fingerprint density at radius 1 is 1.35 bits per heavy atom. The minimum Gasteiger partial charge on any atom is -0.468 e. The van der Waals surface area contributed by atoms with Gasteiger partial charge in [-0.3, -0.25) is 4.79 Å². The van der Waals surface area contributed by atoms with Gasteiger partial charge in [0.1, 0.15) is 11.9 Å². The van der Waals surface area contributed by atoms with Gasteiger partial charge in [-0.25, -0.2) is 4.39 Å². The second-order valence-electron chi connectivity index (χ2n) is 5.25. The topological polar surface area (TPSA) is 38.3 Å². The maximum atomic E-state index is 13.6. The molecular formula is C16H24FNO2. The van der Waals surface area contributed by atoms with Crippen molar-refractivity contribution in [1.29, 1.82) is 0 Å². The lowest BCUT2D eigenvalue weighted by atomic mass is 9.97. The molecule has 0 amide bonds. The highest BCUT2D eigenvalue weighted by molar-refractivity contribution is 5.76. The number of methoxy groups -OCH3 is 1. The second-order valence-corrected chi connectivity index (χ2v) is 5.25. The predicted octanol–water partition coefficient (Wildman–Crippen LogP) is 2.93. The molecule has 0 saturated carbocycles. The number of hydrogen-bond acceptors (Lipinski definition) is 3. The first kappa shape index (κ1) is 16.6. The summed E-state index contributed by atoms with van der Waals surface area (Å²) in [6.45, 7) is 5.99. The lowest BCUT2D eigenvalue weighted by molar-refractivity contribution is -0.144. The molecule has 0 fully saturated rings. The summed E-state index contributed by atoms with van der Waals surface area (Å²) in [5.74, 6) is -0.301. The fraction of sp³-hybridized carbons (Fsp3) is 0.562. The molecule has 1 N–H and O–H groups in total. The van der Waals surface area contributed by atoms with Crippen LogP contribution in [0.5, 0.6) is 0 Å². The molecular weight excluding hydrogens is 257 g/mol. The number of esters is 1. The van der Waals surface area contributed by atoms with E-state index in [-0.39, 0.29) is 29.8 Å². The van der Waals surface area contributed by atoms with Crippen molar-refractivity contribution >= 4 is 5.97 Å². The van der Waals surface area contributed by atoms with Crippen LogP contribution in [0.25, 0.3) is 0 Å². The van der Waals surface area contributed by atoms with E-state index in [4.69, 9.17) is 4.74 Å². The monoisotopic (exact) mass is 281 g/mol. The van der Waals surface area contributed by atoms with Crippen molar-refractivity contribution in [1.82, 2.24) is 5.32 Å². The fourth-order valence-electron chi connectivity index (χ4n) is 2.19. The molecule has 0 radical (unpaired) electrons. The molecule has 3 atom stereocenters. The number of halogens is 1. The summed E-state index contributed by atoms with van der Waals surface area (Å²) < 4.78 is 18.5. The SMILES string of the molecule is CCC(C)C(NC(C)Cc1ccccc1F)C(=O)OC. The standard InChI is InChI=1S/C16H24FNO2/c1-5-11(2)15(16(19)20-4)18-12(3)10-13-8-6-7-9-14(13)17/h6-9,11-12,15,18H,5,10H2,1-4H3. The molecule has 1 aromatic carbocycles. The maximum absolute atomic E-state index is 13.6. The average molecular weight is 281 g/mol. The van der Waals surface area contributed by atoms with Crippen LogP contribution in [0.2, 0.25) is 0 Å². The summed E-state index contributed by atoms with van der Waals surface area (Å²) in [7, 11) is 1.39. The van der Waals surface area contributed by atoms with Gasteiger partial charge in [0.2, 0.25) is 0 Å². The molecule has 3 unspecified atom stereocenters. The van der Waals surface area contributed by atoms with Crippen LogP contribution < -0.4 is 5.32 Å². The zero-order valence-corrected chi connectivity index (χ0v) is 12.7. The van der Waals surface area contributed by atoms with Gasteiger partial charge in [0, 0.05) is 6.04 Å². The van der Waals surface area contributed by atoms with E-state index in [2.05, 4.69) is 5.32 Å². The highest BCUT2D eigenvalue weighted by Crippen LogP contribution is 2.13. The van der Waals surface area contributed by atoms with Crippen LogP contribution in [0.1, 0.15) is 32.8 Å². The molecule has 3 nitrogen and oxygen atoms in total. The third-order valence-electron chi connectivity index (χ3n) is 3.62. The zero-order valence-electron chi connectivity index (χ0n) is 12.7. The van der Waals surface area contributed by atoms with Crippen molar-refractivity contribution in [3.8, 4) is 0 Å². The van der Waals surface area contributed by atoms with Gasteiger partial charge in [-0.15, -0.1) is 0 Å². The molecule has 4 heteroatoms. The summed E-state index contributed by atoms with van der Waals surface area (Å²) >= 11 is 0. The van der Waals surface area contributed by atoms with Crippen molar-refractivity contribution in [3.63, 3.8) is 0 Å². The maximum Gasteiger partial charge on any atom is 0.323 e. The van der Waals surface area contributed by atoms with Crippen LogP contribution in [0, 0.1) is 11.7 Å². The number of carbonyl (C=O) groups excluding carboxylic acids is 1. The van der Waals surface area contributed by atoms with E-state index < -0.39 is 0 Å². The van der Waals surface area contributed by atoms with Crippen molar-refractivity contribution in [2.24, 2.45) is 5.92 Å². The van der Waals surface area contributed by atoms with Gasteiger partial charge in [0.15, 0.2) is 0 Å². The quantitative estimate of drug-likeness (QED) is 0.781. The van der Waals surface area contributed by atoms with E-state index in [9.17, 15) is 9.18 Å². The molecule has 0 spiro atoms. The van der Waals surface area contributed by atoms with Crippen molar-refractivity contribution in [3.05, 3.63) is 35.6 Å². The van der Waals surface area contributed by atoms with Gasteiger partial charge < -0.3 is 10.1 Å². The number of rotatable bonds is 7. The van der Waals surface area contributed by atoms with Gasteiger partial charge in [-0.2, -0.15) is 0 Å². The molecule has 0 aliphatic carbocycles. The number of carbonyl (C=O) groups is 1. The lowest BCUT2D eigenvalue weighted by Crippen LogP contribution is -2.47. The van der Waals surface area contributed by atoms with Crippen LogP contribution >= 0.6 is 0 Å². The van der Waals surface area contributed by atoms with E-state index in [1.165, 1.54) is 13.2 Å². The molecule has 1 aromatic rings. The molecule has 0 aliphatic heterocycles. The summed E-state index contributed by atoms with van der Waals surface area (Å²) in [4.78, 5) is 11.8. The van der Waals surface area contributed by atoms with Crippen LogP contribution in [-0.2, 0) is 16.0 Å². The number of hydrogen-bond donors (Lipinski definition) is 1. The van der Waals surface area contributed by atoms with E-state index >= 15 is 0 Å². The Morgan fingerprint density at radius 3 is 2.55 bits per heavy atom. The van der Waals surface area contributed by atoms with Crippen LogP contribution in [0.3, 0.4) is 0 Å². The Bertz CT molecular complexity index is 436. The highest BCUT2D eigenvalue weighted by atomic mass is 19.1. The smallest absolute Gasteiger partial charge is 0.323 e. The molecule has 1 rings (SSSR count). The minimum atomic E-state index is -0.355. The summed E-state index contributed by atoms with van der Waals surface area (Å²) in [5.41, 5.74) is 0.653. The molecule has 112 valence electrons. The van der Waals surface area contributed by atoms with E-state index in [1.807, 2.05) is 26.8 Å². The number of ether oxygens (including phenoxy) is 1. The first-order valence-electron chi connectivity index (χ1n) is 7.06. The zero-order chi connectivity index (χ0) is 15.1. The lowest BCUT2D eigenvalue weighted by Gasteiger charge is -2.26. The van der Waals surface area contributed by atoms with E-state index in [0.717, 1.165) is 6.42 Å². The largest absolute Gasteiger partial charge is 0.468 e. The molecule has 0 aliphatic rings. The van der Waals surface area contributed by atoms with Gasteiger partial charge in [-0.1, -0.05) is 38.5 Å². The Balaban J connectivity index is 2.69. The Morgan fingerprint density at radius 2 is 2.00 bits per heavy atom. The van der Waals surface area contributed by atoms with Gasteiger partial charge in [0.25, 0.3) is 0 Å².